The number of ether oxygens (including phenoxy) is 3. The van der Waals surface area contributed by atoms with Crippen molar-refractivity contribution in [2.24, 2.45) is 5.92 Å². The van der Waals surface area contributed by atoms with Crippen LogP contribution in [-0.2, 0) is 16.1 Å². The van der Waals surface area contributed by atoms with E-state index in [1.165, 1.54) is 6.07 Å². The number of nitrogens with zero attached hydrogens (tertiary/aromatic N) is 1. The van der Waals surface area contributed by atoms with E-state index < -0.39 is 5.91 Å². The number of benzene rings is 1. The van der Waals surface area contributed by atoms with Crippen molar-refractivity contribution in [1.82, 2.24) is 10.5 Å². The fourth-order valence-electron chi connectivity index (χ4n) is 2.46. The number of carbonyl (C=O) groups is 2. The van der Waals surface area contributed by atoms with Crippen molar-refractivity contribution in [2.75, 3.05) is 13.7 Å². The van der Waals surface area contributed by atoms with Gasteiger partial charge >= 0.3 is 5.97 Å². The minimum atomic E-state index is -0.439. The number of aromatic nitrogens is 1. The zero-order chi connectivity index (χ0) is 21.4. The smallest absolute Gasteiger partial charge is 0.307 e. The van der Waals surface area contributed by atoms with Crippen molar-refractivity contribution >= 4 is 23.5 Å². The second kappa shape index (κ2) is 10.7. The summed E-state index contributed by atoms with van der Waals surface area (Å²) in [6, 6.07) is 6.13. The first-order valence-electron chi connectivity index (χ1n) is 9.22. The van der Waals surface area contributed by atoms with Crippen LogP contribution in [0.1, 0.15) is 43.4 Å². The number of nitrogens with one attached hydrogen (secondary N) is 1. The zero-order valence-electron chi connectivity index (χ0n) is 16.9. The molecule has 0 aliphatic carbocycles. The molecule has 1 aromatic heterocycles. The molecule has 9 heteroatoms. The summed E-state index contributed by atoms with van der Waals surface area (Å²) in [5.41, 5.74) is 0.0962. The van der Waals surface area contributed by atoms with E-state index in [-0.39, 0.29) is 36.7 Å². The molecule has 0 saturated carbocycles. The SMILES string of the molecule is CCOC(=O)C[C@H](NC(=O)c1cc(COc2ccc(OC)cc2Cl)on1)C(C)C. The predicted octanol–water partition coefficient (Wildman–Crippen LogP) is 3.62. The molecule has 2 aromatic rings. The van der Waals surface area contributed by atoms with Crippen LogP contribution in [0.15, 0.2) is 28.8 Å². The minimum absolute atomic E-state index is 0.0373. The summed E-state index contributed by atoms with van der Waals surface area (Å²) in [5.74, 6) is 0.652. The van der Waals surface area contributed by atoms with Gasteiger partial charge < -0.3 is 24.1 Å². The van der Waals surface area contributed by atoms with E-state index in [2.05, 4.69) is 10.5 Å². The summed E-state index contributed by atoms with van der Waals surface area (Å²) < 4.78 is 20.8. The largest absolute Gasteiger partial charge is 0.497 e. The molecule has 1 N–H and O–H groups in total. The van der Waals surface area contributed by atoms with Crippen LogP contribution in [0.2, 0.25) is 5.02 Å². The average molecular weight is 425 g/mol. The van der Waals surface area contributed by atoms with Gasteiger partial charge in [-0.2, -0.15) is 0 Å². The molecule has 2 rings (SSSR count). The number of hydrogen-bond acceptors (Lipinski definition) is 7. The first kappa shape index (κ1) is 22.5. The quantitative estimate of drug-likeness (QED) is 0.581. The van der Waals surface area contributed by atoms with Crippen LogP contribution < -0.4 is 14.8 Å². The Morgan fingerprint density at radius 3 is 2.66 bits per heavy atom. The molecule has 0 radical (unpaired) electrons. The topological polar surface area (TPSA) is 99.9 Å². The molecule has 1 heterocycles. The van der Waals surface area contributed by atoms with E-state index in [9.17, 15) is 9.59 Å². The Kier molecular flexibility index (Phi) is 8.33. The van der Waals surface area contributed by atoms with Crippen molar-refractivity contribution in [1.29, 1.82) is 0 Å². The van der Waals surface area contributed by atoms with Gasteiger partial charge in [0.15, 0.2) is 11.5 Å². The molecule has 0 unspecified atom stereocenters. The van der Waals surface area contributed by atoms with E-state index >= 15 is 0 Å². The van der Waals surface area contributed by atoms with Crippen LogP contribution >= 0.6 is 11.6 Å². The standard InChI is InChI=1S/C20H25ClN2O6/c1-5-27-19(24)10-16(12(2)3)22-20(25)17-9-14(29-23-17)11-28-18-7-6-13(26-4)8-15(18)21/h6-9,12,16H,5,10-11H2,1-4H3,(H,22,25)/t16-/m0/s1. The van der Waals surface area contributed by atoms with E-state index in [1.54, 1.807) is 32.2 Å². The monoisotopic (exact) mass is 424 g/mol. The third kappa shape index (κ3) is 6.67. The number of hydrogen-bond donors (Lipinski definition) is 1. The molecule has 1 aromatic carbocycles. The fraction of sp³-hybridized carbons (Fsp3) is 0.450. The third-order valence-corrected chi connectivity index (χ3v) is 4.41. The van der Waals surface area contributed by atoms with E-state index in [4.69, 9.17) is 30.3 Å². The molecule has 0 bridgehead atoms. The second-order valence-electron chi connectivity index (χ2n) is 6.60. The predicted molar refractivity (Wildman–Crippen MR) is 106 cm³/mol. The van der Waals surface area contributed by atoms with Gasteiger partial charge in [0.05, 0.1) is 25.2 Å². The lowest BCUT2D eigenvalue weighted by Crippen LogP contribution is -2.40. The van der Waals surface area contributed by atoms with Gasteiger partial charge in [-0.25, -0.2) is 0 Å². The summed E-state index contributed by atoms with van der Waals surface area (Å²) in [7, 11) is 1.55. The van der Waals surface area contributed by atoms with Gasteiger partial charge in [0.25, 0.3) is 5.91 Å². The number of methoxy groups -OCH3 is 1. The van der Waals surface area contributed by atoms with Crippen LogP contribution in [0.25, 0.3) is 0 Å². The minimum Gasteiger partial charge on any atom is -0.497 e. The first-order chi connectivity index (χ1) is 13.8. The van der Waals surface area contributed by atoms with E-state index in [1.807, 2.05) is 13.8 Å². The first-order valence-corrected chi connectivity index (χ1v) is 9.60. The van der Waals surface area contributed by atoms with Gasteiger partial charge in [0.1, 0.15) is 18.1 Å². The molecule has 0 spiro atoms. The van der Waals surface area contributed by atoms with Crippen molar-refractivity contribution in [2.45, 2.75) is 39.8 Å². The van der Waals surface area contributed by atoms with Crippen LogP contribution in [0, 0.1) is 5.92 Å². The summed E-state index contributed by atoms with van der Waals surface area (Å²) in [4.78, 5) is 24.2. The molecular formula is C20H25ClN2O6. The lowest BCUT2D eigenvalue weighted by atomic mass is 10.0. The second-order valence-corrected chi connectivity index (χ2v) is 7.00. The molecule has 0 aliphatic heterocycles. The summed E-state index contributed by atoms with van der Waals surface area (Å²) in [6.07, 6.45) is 0.0844. The van der Waals surface area contributed by atoms with E-state index in [0.29, 0.717) is 28.9 Å². The number of esters is 1. The summed E-state index contributed by atoms with van der Waals surface area (Å²) >= 11 is 6.13. The molecule has 8 nitrogen and oxygen atoms in total. The van der Waals surface area contributed by atoms with Gasteiger partial charge in [-0.1, -0.05) is 30.6 Å². The Morgan fingerprint density at radius 2 is 2.03 bits per heavy atom. The molecule has 158 valence electrons. The van der Waals surface area contributed by atoms with Crippen molar-refractivity contribution in [3.05, 3.63) is 40.7 Å². The highest BCUT2D eigenvalue weighted by Crippen LogP contribution is 2.29. The molecule has 0 saturated heterocycles. The average Bonchev–Trinajstić information content (AvgIpc) is 3.15. The Morgan fingerprint density at radius 1 is 1.28 bits per heavy atom. The number of carbonyl (C=O) groups excluding carboxylic acids is 2. The van der Waals surface area contributed by atoms with Gasteiger partial charge in [0, 0.05) is 18.2 Å². The van der Waals surface area contributed by atoms with E-state index in [0.717, 1.165) is 0 Å². The normalized spacial score (nSPS) is 11.8. The Bertz CT molecular complexity index is 836. The number of amides is 1. The number of halogens is 1. The Labute approximate surface area is 174 Å². The molecular weight excluding hydrogens is 400 g/mol. The third-order valence-electron chi connectivity index (χ3n) is 4.11. The van der Waals surface area contributed by atoms with Gasteiger partial charge in [-0.05, 0) is 25.0 Å². The molecule has 0 aliphatic rings. The molecule has 29 heavy (non-hydrogen) atoms. The maximum atomic E-state index is 12.4. The highest BCUT2D eigenvalue weighted by Gasteiger charge is 2.23. The molecule has 0 fully saturated rings. The van der Waals surface area contributed by atoms with Crippen molar-refractivity contribution in [3.8, 4) is 11.5 Å². The highest BCUT2D eigenvalue weighted by atomic mass is 35.5. The van der Waals surface area contributed by atoms with Gasteiger partial charge in [0.2, 0.25) is 0 Å². The van der Waals surface area contributed by atoms with Crippen molar-refractivity contribution < 1.29 is 28.3 Å². The summed E-state index contributed by atoms with van der Waals surface area (Å²) in [6.45, 7) is 5.89. The Hall–Kier alpha value is -2.74. The van der Waals surface area contributed by atoms with Crippen LogP contribution in [0.3, 0.4) is 0 Å². The lowest BCUT2D eigenvalue weighted by molar-refractivity contribution is -0.143. The van der Waals surface area contributed by atoms with Crippen LogP contribution in [0.5, 0.6) is 11.5 Å². The highest BCUT2D eigenvalue weighted by molar-refractivity contribution is 6.32. The zero-order valence-corrected chi connectivity index (χ0v) is 17.6. The van der Waals surface area contributed by atoms with Gasteiger partial charge in [-0.3, -0.25) is 9.59 Å². The van der Waals surface area contributed by atoms with Crippen LogP contribution in [-0.4, -0.2) is 36.8 Å². The maximum absolute atomic E-state index is 12.4. The Balaban J connectivity index is 1.95. The van der Waals surface area contributed by atoms with Crippen LogP contribution in [0.4, 0.5) is 0 Å². The lowest BCUT2D eigenvalue weighted by Gasteiger charge is -2.20. The van der Waals surface area contributed by atoms with Gasteiger partial charge in [-0.15, -0.1) is 0 Å². The molecule has 1 atom stereocenters. The number of rotatable bonds is 10. The molecule has 1 amide bonds. The summed E-state index contributed by atoms with van der Waals surface area (Å²) in [5, 5.41) is 6.95. The van der Waals surface area contributed by atoms with Crippen molar-refractivity contribution in [3.63, 3.8) is 0 Å². The fourth-order valence-corrected chi connectivity index (χ4v) is 2.68. The maximum Gasteiger partial charge on any atom is 0.307 e.